The first-order valence-electron chi connectivity index (χ1n) is 5.46. The zero-order valence-corrected chi connectivity index (χ0v) is 10.7. The third kappa shape index (κ3) is 3.66. The van der Waals surface area contributed by atoms with Gasteiger partial charge in [0.1, 0.15) is 17.6 Å². The number of alkyl halides is 3. The van der Waals surface area contributed by atoms with Gasteiger partial charge in [-0.05, 0) is 41.4 Å². The fourth-order valence-electron chi connectivity index (χ4n) is 1.72. The summed E-state index contributed by atoms with van der Waals surface area (Å²) in [6, 6.07) is 7.87. The van der Waals surface area contributed by atoms with E-state index in [2.05, 4.69) is 10.2 Å². The number of furan rings is 1. The number of rotatable bonds is 4. The molecule has 0 bridgehead atoms. The molecule has 3 N–H and O–H groups in total. The van der Waals surface area contributed by atoms with Gasteiger partial charge in [0.25, 0.3) is 0 Å². The van der Waals surface area contributed by atoms with Crippen molar-refractivity contribution >= 4 is 11.6 Å². The van der Waals surface area contributed by atoms with Gasteiger partial charge in [-0.15, -0.1) is 13.2 Å². The number of nitrogens with one attached hydrogen (secondary N) is 1. The summed E-state index contributed by atoms with van der Waals surface area (Å²) in [5.41, 5.74) is 2.89. The summed E-state index contributed by atoms with van der Waals surface area (Å²) < 4.78 is 45.6. The molecular weight excluding hydrogens is 297 g/mol. The van der Waals surface area contributed by atoms with Gasteiger partial charge in [0.2, 0.25) is 0 Å². The highest BCUT2D eigenvalue weighted by Gasteiger charge is 2.31. The van der Waals surface area contributed by atoms with E-state index < -0.39 is 12.4 Å². The molecule has 4 nitrogen and oxygen atoms in total. The van der Waals surface area contributed by atoms with Crippen LogP contribution in [-0.2, 0) is 0 Å². The first-order chi connectivity index (χ1) is 9.39. The molecule has 0 radical (unpaired) electrons. The Balaban J connectivity index is 2.29. The van der Waals surface area contributed by atoms with Crippen molar-refractivity contribution in [3.05, 3.63) is 52.9 Å². The zero-order valence-electron chi connectivity index (χ0n) is 9.95. The van der Waals surface area contributed by atoms with Crippen LogP contribution < -0.4 is 16.0 Å². The lowest BCUT2D eigenvalue weighted by molar-refractivity contribution is -0.274. The van der Waals surface area contributed by atoms with Crippen molar-refractivity contribution < 1.29 is 22.3 Å². The van der Waals surface area contributed by atoms with Crippen LogP contribution in [0.15, 0.2) is 40.8 Å². The van der Waals surface area contributed by atoms with Gasteiger partial charge in [0, 0.05) is 0 Å². The van der Waals surface area contributed by atoms with Crippen molar-refractivity contribution in [1.29, 1.82) is 0 Å². The highest BCUT2D eigenvalue weighted by atomic mass is 35.5. The first kappa shape index (κ1) is 14.7. The van der Waals surface area contributed by atoms with Crippen molar-refractivity contribution in [2.45, 2.75) is 12.4 Å². The Kier molecular flexibility index (Phi) is 4.22. The summed E-state index contributed by atoms with van der Waals surface area (Å²) >= 11 is 5.66. The molecule has 1 unspecified atom stereocenters. The molecular formula is C12H10ClF3N2O2. The molecule has 0 saturated heterocycles. The average molecular weight is 307 g/mol. The van der Waals surface area contributed by atoms with Crippen molar-refractivity contribution in [3.63, 3.8) is 0 Å². The molecule has 0 aliphatic rings. The normalized spacial score (nSPS) is 13.2. The molecule has 108 valence electrons. The maximum Gasteiger partial charge on any atom is 0.573 e. The minimum atomic E-state index is -4.75. The molecule has 1 aromatic carbocycles. The van der Waals surface area contributed by atoms with Crippen molar-refractivity contribution in [3.8, 4) is 5.75 Å². The quantitative estimate of drug-likeness (QED) is 0.671. The maximum absolute atomic E-state index is 12.2. The van der Waals surface area contributed by atoms with Gasteiger partial charge in [0.05, 0.1) is 0 Å². The van der Waals surface area contributed by atoms with E-state index in [0.29, 0.717) is 11.3 Å². The smallest absolute Gasteiger partial charge is 0.448 e. The second-order valence-electron chi connectivity index (χ2n) is 3.86. The second kappa shape index (κ2) is 5.74. The number of nitrogens with two attached hydrogens (primary N) is 1. The number of hydrogen-bond acceptors (Lipinski definition) is 4. The van der Waals surface area contributed by atoms with Gasteiger partial charge < -0.3 is 9.15 Å². The van der Waals surface area contributed by atoms with E-state index in [1.807, 2.05) is 0 Å². The summed E-state index contributed by atoms with van der Waals surface area (Å²) in [6.45, 7) is 0. The molecule has 0 fully saturated rings. The lowest BCUT2D eigenvalue weighted by atomic mass is 10.1. The maximum atomic E-state index is 12.2. The molecule has 2 rings (SSSR count). The van der Waals surface area contributed by atoms with Crippen molar-refractivity contribution in [1.82, 2.24) is 5.43 Å². The predicted octanol–water partition coefficient (Wildman–Crippen LogP) is 3.38. The Hall–Kier alpha value is -1.70. The van der Waals surface area contributed by atoms with Gasteiger partial charge in [-0.1, -0.05) is 12.1 Å². The SMILES string of the molecule is NNC(c1cccc(OC(F)(F)F)c1)c1ccc(Cl)o1. The number of ether oxygens (including phenoxy) is 1. The van der Waals surface area contributed by atoms with E-state index in [0.717, 1.165) is 0 Å². The van der Waals surface area contributed by atoms with E-state index in [9.17, 15) is 13.2 Å². The third-order valence-corrected chi connectivity index (χ3v) is 2.67. The van der Waals surface area contributed by atoms with Crippen LogP contribution in [0.25, 0.3) is 0 Å². The van der Waals surface area contributed by atoms with Gasteiger partial charge >= 0.3 is 6.36 Å². The van der Waals surface area contributed by atoms with Gasteiger partial charge in [0.15, 0.2) is 5.22 Å². The molecule has 1 heterocycles. The molecule has 0 aliphatic heterocycles. The highest BCUT2D eigenvalue weighted by Crippen LogP contribution is 2.29. The molecule has 1 atom stereocenters. The minimum Gasteiger partial charge on any atom is -0.448 e. The minimum absolute atomic E-state index is 0.156. The predicted molar refractivity (Wildman–Crippen MR) is 66.0 cm³/mol. The summed E-state index contributed by atoms with van der Waals surface area (Å²) in [4.78, 5) is 0. The standard InChI is InChI=1S/C12H10ClF3N2O2/c13-10-5-4-9(19-10)11(18-17)7-2-1-3-8(6-7)20-12(14,15)16/h1-6,11,18H,17H2. The van der Waals surface area contributed by atoms with Crippen LogP contribution in [0, 0.1) is 0 Å². The first-order valence-corrected chi connectivity index (χ1v) is 5.84. The summed E-state index contributed by atoms with van der Waals surface area (Å²) in [5, 5.41) is 0.156. The molecule has 8 heteroatoms. The lowest BCUT2D eigenvalue weighted by Gasteiger charge is -2.15. The van der Waals surface area contributed by atoms with E-state index in [1.54, 1.807) is 12.1 Å². The van der Waals surface area contributed by atoms with E-state index in [1.165, 1.54) is 24.3 Å². The molecule has 0 aliphatic carbocycles. The molecule has 0 spiro atoms. The monoisotopic (exact) mass is 306 g/mol. The number of hydrogen-bond donors (Lipinski definition) is 2. The van der Waals surface area contributed by atoms with Crippen LogP contribution >= 0.6 is 11.6 Å². The van der Waals surface area contributed by atoms with Crippen LogP contribution in [0.5, 0.6) is 5.75 Å². The van der Waals surface area contributed by atoms with Crippen LogP contribution in [0.1, 0.15) is 17.4 Å². The number of hydrazine groups is 1. The summed E-state index contributed by atoms with van der Waals surface area (Å²) in [6.07, 6.45) is -4.75. The summed E-state index contributed by atoms with van der Waals surface area (Å²) in [5.74, 6) is 5.44. The van der Waals surface area contributed by atoms with Gasteiger partial charge in [-0.2, -0.15) is 0 Å². The second-order valence-corrected chi connectivity index (χ2v) is 4.23. The Bertz CT molecular complexity index is 586. The lowest BCUT2D eigenvalue weighted by Crippen LogP contribution is -2.28. The average Bonchev–Trinajstić information content (AvgIpc) is 2.75. The number of halogens is 4. The van der Waals surface area contributed by atoms with Crippen molar-refractivity contribution in [2.24, 2.45) is 5.84 Å². The van der Waals surface area contributed by atoms with E-state index >= 15 is 0 Å². The molecule has 0 saturated carbocycles. The molecule has 1 aromatic heterocycles. The van der Waals surface area contributed by atoms with Crippen LogP contribution in [0.3, 0.4) is 0 Å². The Labute approximate surface area is 117 Å². The van der Waals surface area contributed by atoms with Crippen LogP contribution in [0.4, 0.5) is 13.2 Å². The van der Waals surface area contributed by atoms with Gasteiger partial charge in [-0.25, -0.2) is 5.43 Å². The molecule has 0 amide bonds. The fraction of sp³-hybridized carbons (Fsp3) is 0.167. The largest absolute Gasteiger partial charge is 0.573 e. The Morgan fingerprint density at radius 3 is 2.55 bits per heavy atom. The Morgan fingerprint density at radius 2 is 2.00 bits per heavy atom. The molecule has 2 aromatic rings. The van der Waals surface area contributed by atoms with E-state index in [4.69, 9.17) is 21.9 Å². The highest BCUT2D eigenvalue weighted by molar-refractivity contribution is 6.28. The van der Waals surface area contributed by atoms with E-state index in [-0.39, 0.29) is 11.0 Å². The zero-order chi connectivity index (χ0) is 14.8. The van der Waals surface area contributed by atoms with Crippen LogP contribution in [0.2, 0.25) is 5.22 Å². The van der Waals surface area contributed by atoms with Crippen molar-refractivity contribution in [2.75, 3.05) is 0 Å². The third-order valence-electron chi connectivity index (χ3n) is 2.47. The Morgan fingerprint density at radius 1 is 1.25 bits per heavy atom. The topological polar surface area (TPSA) is 60.4 Å². The van der Waals surface area contributed by atoms with Crippen LogP contribution in [-0.4, -0.2) is 6.36 Å². The molecule has 20 heavy (non-hydrogen) atoms. The van der Waals surface area contributed by atoms with Gasteiger partial charge in [-0.3, -0.25) is 5.84 Å². The summed E-state index contributed by atoms with van der Waals surface area (Å²) in [7, 11) is 0. The number of benzene rings is 1. The fourth-order valence-corrected chi connectivity index (χ4v) is 1.87.